The summed E-state index contributed by atoms with van der Waals surface area (Å²) in [6.45, 7) is 4.58. The number of rotatable bonds is 9. The number of hydrogen-bond acceptors (Lipinski definition) is 3. The van der Waals surface area contributed by atoms with E-state index in [4.69, 9.17) is 11.1 Å². The monoisotopic (exact) mass is 780 g/mol. The average molecular weight is 781 g/mol. The highest BCUT2D eigenvalue weighted by Gasteiger charge is 2.16. The summed E-state index contributed by atoms with van der Waals surface area (Å²) in [6.07, 6.45) is 6.17. The summed E-state index contributed by atoms with van der Waals surface area (Å²) >= 11 is 1.87. The van der Waals surface area contributed by atoms with Crippen LogP contribution in [0.3, 0.4) is 0 Å². The topological polar surface area (TPSA) is 49.9 Å². The van der Waals surface area contributed by atoms with Crippen molar-refractivity contribution in [3.8, 4) is 22.3 Å². The molecule has 0 aliphatic rings. The lowest BCUT2D eigenvalue weighted by Crippen LogP contribution is -1.97. The molecule has 0 aliphatic carbocycles. The summed E-state index contributed by atoms with van der Waals surface area (Å²) in [5, 5.41) is 8.09. The highest BCUT2D eigenvalue weighted by Crippen LogP contribution is 2.45. The second kappa shape index (κ2) is 19.9. The average Bonchev–Trinajstić information content (AvgIpc) is 3.70. The first-order chi connectivity index (χ1) is 29.1. The number of thiophene rings is 1. The Labute approximate surface area is 352 Å². The smallest absolute Gasteiger partial charge is 0.0440 e. The van der Waals surface area contributed by atoms with Crippen LogP contribution in [0.2, 0.25) is 0 Å². The molecule has 3 heteroatoms. The largest absolute Gasteiger partial charge is 0.398 e. The van der Waals surface area contributed by atoms with Crippen molar-refractivity contribution < 1.29 is 0 Å². The lowest BCUT2D eigenvalue weighted by molar-refractivity contribution is 1.26. The standard InChI is InChI=1S/C48H37NS.C7H8.CH3N/c49-45(32-24-35-15-6-2-7-16-35)40-20-12-19-39(33-40)43-31-30-42(47-44-21-10-11-22-46(44)50-48(43)47)38-27-25-37(26-28-38)41(36-17-8-3-9-18-36)29-23-34-13-4-1-5-14-34;1-7-5-3-2-4-6-7;1-2/h1-22,25-33H,23-24,49H2;2-6H,1H3;2H,1H2/b41-29+,45-32-;;. The molecule has 0 atom stereocenters. The molecule has 0 unspecified atom stereocenters. The minimum absolute atomic E-state index is 0.799. The van der Waals surface area contributed by atoms with Crippen molar-refractivity contribution in [2.45, 2.75) is 19.8 Å². The van der Waals surface area contributed by atoms with Gasteiger partial charge in [0, 0.05) is 25.9 Å². The Morgan fingerprint density at radius 1 is 0.508 bits per heavy atom. The molecule has 1 heterocycles. The quantitative estimate of drug-likeness (QED) is 0.141. The maximum Gasteiger partial charge on any atom is 0.0440 e. The number of nitrogens with two attached hydrogens (primary N) is 1. The van der Waals surface area contributed by atoms with Crippen molar-refractivity contribution in [2.24, 2.45) is 5.73 Å². The van der Waals surface area contributed by atoms with Crippen molar-refractivity contribution >= 4 is 49.5 Å². The fourth-order valence-electron chi connectivity index (χ4n) is 7.34. The maximum absolute atomic E-state index is 6.64. The molecule has 0 saturated carbocycles. The van der Waals surface area contributed by atoms with Crippen LogP contribution in [-0.2, 0) is 12.8 Å². The number of hydrogen-bond donors (Lipinski definition) is 2. The Bertz CT molecular complexity index is 2780. The molecule has 8 aromatic carbocycles. The first-order valence-corrected chi connectivity index (χ1v) is 20.7. The normalized spacial score (nSPS) is 11.3. The first-order valence-electron chi connectivity index (χ1n) is 19.9. The molecule has 3 N–H and O–H groups in total. The van der Waals surface area contributed by atoms with Crippen LogP contribution in [0, 0.1) is 12.3 Å². The van der Waals surface area contributed by atoms with Gasteiger partial charge in [-0.25, -0.2) is 0 Å². The van der Waals surface area contributed by atoms with Gasteiger partial charge in [-0.05, 0) is 94.3 Å². The van der Waals surface area contributed by atoms with Gasteiger partial charge in [0.15, 0.2) is 0 Å². The molecule has 1 aromatic heterocycles. The lowest BCUT2D eigenvalue weighted by Gasteiger charge is -2.13. The van der Waals surface area contributed by atoms with Gasteiger partial charge in [-0.2, -0.15) is 0 Å². The summed E-state index contributed by atoms with van der Waals surface area (Å²) < 4.78 is 2.59. The van der Waals surface area contributed by atoms with Crippen molar-refractivity contribution in [3.63, 3.8) is 0 Å². The molecule has 0 radical (unpaired) electrons. The second-order valence-corrected chi connectivity index (χ2v) is 15.4. The van der Waals surface area contributed by atoms with Crippen molar-refractivity contribution in [1.82, 2.24) is 0 Å². The van der Waals surface area contributed by atoms with Crippen molar-refractivity contribution in [1.29, 1.82) is 5.41 Å². The third-order valence-corrected chi connectivity index (χ3v) is 11.6. The van der Waals surface area contributed by atoms with Gasteiger partial charge in [-0.3, -0.25) is 0 Å². The number of nitrogens with one attached hydrogen (secondary N) is 1. The Balaban J connectivity index is 0.000000527. The number of aryl methyl sites for hydroxylation is 1. The van der Waals surface area contributed by atoms with Gasteiger partial charge in [0.25, 0.3) is 0 Å². The van der Waals surface area contributed by atoms with E-state index in [-0.39, 0.29) is 0 Å². The van der Waals surface area contributed by atoms with Gasteiger partial charge in [0.2, 0.25) is 0 Å². The molecule has 9 rings (SSSR count). The number of fused-ring (bicyclic) bond motifs is 3. The Morgan fingerprint density at radius 3 is 1.66 bits per heavy atom. The highest BCUT2D eigenvalue weighted by atomic mass is 32.1. The van der Waals surface area contributed by atoms with Crippen LogP contribution >= 0.6 is 11.3 Å². The van der Waals surface area contributed by atoms with E-state index in [2.05, 4.69) is 208 Å². The van der Waals surface area contributed by atoms with Crippen LogP contribution in [0.15, 0.2) is 218 Å². The first kappa shape index (κ1) is 40.1. The molecule has 2 nitrogen and oxygen atoms in total. The van der Waals surface area contributed by atoms with E-state index in [9.17, 15) is 0 Å². The Kier molecular flexibility index (Phi) is 13.5. The van der Waals surface area contributed by atoms with E-state index in [1.54, 1.807) is 0 Å². The van der Waals surface area contributed by atoms with Gasteiger partial charge in [-0.15, -0.1) is 11.3 Å². The molecule has 0 spiro atoms. The molecule has 0 bridgehead atoms. The van der Waals surface area contributed by atoms with Crippen LogP contribution in [0.25, 0.3) is 53.7 Å². The predicted molar refractivity (Wildman–Crippen MR) is 257 cm³/mol. The fourth-order valence-corrected chi connectivity index (χ4v) is 8.60. The molecule has 0 amide bonds. The SMILES string of the molecule is C=N.Cc1ccccc1.N/C(=C\Cc1ccccc1)c1cccc(-c2ccc(-c3ccc(/C(=C/Cc4ccccc4)c4ccccc4)cc3)c3c2sc2ccccc23)c1. The molecule has 59 heavy (non-hydrogen) atoms. The lowest BCUT2D eigenvalue weighted by atomic mass is 9.91. The van der Waals surface area contributed by atoms with Gasteiger partial charge in [-0.1, -0.05) is 212 Å². The molecule has 0 fully saturated rings. The van der Waals surface area contributed by atoms with Crippen molar-refractivity contribution in [3.05, 3.63) is 252 Å². The van der Waals surface area contributed by atoms with E-state index < -0.39 is 0 Å². The predicted octanol–water partition coefficient (Wildman–Crippen LogP) is 14.9. The van der Waals surface area contributed by atoms with Gasteiger partial charge < -0.3 is 11.1 Å². The Hall–Kier alpha value is -7.07. The van der Waals surface area contributed by atoms with Gasteiger partial charge in [0.1, 0.15) is 0 Å². The molecule has 0 saturated heterocycles. The summed E-state index contributed by atoms with van der Waals surface area (Å²) in [6, 6.07) is 73.3. The fraction of sp³-hybridized carbons (Fsp3) is 0.0536. The van der Waals surface area contributed by atoms with Crippen LogP contribution in [0.5, 0.6) is 0 Å². The van der Waals surface area contributed by atoms with Crippen LogP contribution in [0.1, 0.15) is 33.4 Å². The highest BCUT2D eigenvalue weighted by molar-refractivity contribution is 7.26. The third kappa shape index (κ3) is 9.91. The van der Waals surface area contributed by atoms with E-state index in [0.717, 1.165) is 24.1 Å². The summed E-state index contributed by atoms with van der Waals surface area (Å²) in [5.41, 5.74) is 20.9. The van der Waals surface area contributed by atoms with E-state index in [1.165, 1.54) is 75.8 Å². The minimum Gasteiger partial charge on any atom is -0.398 e. The molecular formula is C56H48N2S. The van der Waals surface area contributed by atoms with E-state index in [0.29, 0.717) is 0 Å². The van der Waals surface area contributed by atoms with Crippen LogP contribution in [-0.4, -0.2) is 6.72 Å². The zero-order chi connectivity index (χ0) is 40.8. The van der Waals surface area contributed by atoms with Gasteiger partial charge in [0.05, 0.1) is 0 Å². The van der Waals surface area contributed by atoms with Crippen molar-refractivity contribution in [2.75, 3.05) is 0 Å². The Morgan fingerprint density at radius 2 is 1.03 bits per heavy atom. The summed E-state index contributed by atoms with van der Waals surface area (Å²) in [5.74, 6) is 0. The zero-order valence-electron chi connectivity index (χ0n) is 33.4. The second-order valence-electron chi connectivity index (χ2n) is 14.3. The van der Waals surface area contributed by atoms with Crippen LogP contribution in [0.4, 0.5) is 0 Å². The third-order valence-electron chi connectivity index (χ3n) is 10.4. The van der Waals surface area contributed by atoms with Gasteiger partial charge >= 0.3 is 0 Å². The molecular weight excluding hydrogens is 733 g/mol. The van der Waals surface area contributed by atoms with E-state index in [1.807, 2.05) is 35.6 Å². The summed E-state index contributed by atoms with van der Waals surface area (Å²) in [7, 11) is 0. The maximum atomic E-state index is 6.64. The van der Waals surface area contributed by atoms with Crippen LogP contribution < -0.4 is 5.73 Å². The summed E-state index contributed by atoms with van der Waals surface area (Å²) in [4.78, 5) is 0. The molecule has 288 valence electrons. The molecule has 9 aromatic rings. The molecule has 0 aliphatic heterocycles. The number of allylic oxidation sites excluding steroid dienone is 2. The zero-order valence-corrected chi connectivity index (χ0v) is 34.2. The minimum atomic E-state index is 0.799. The number of benzene rings is 8. The van der Waals surface area contributed by atoms with E-state index >= 15 is 0 Å².